The van der Waals surface area contributed by atoms with Gasteiger partial charge in [-0.1, -0.05) is 6.92 Å². The van der Waals surface area contributed by atoms with Crippen molar-refractivity contribution in [1.29, 1.82) is 0 Å². The van der Waals surface area contributed by atoms with E-state index in [9.17, 15) is 17.6 Å². The Morgan fingerprint density at radius 1 is 1.26 bits per heavy atom. The number of hydrogen-bond acceptors (Lipinski definition) is 4. The van der Waals surface area contributed by atoms with Crippen LogP contribution in [-0.2, 0) is 14.8 Å². The number of benzene rings is 1. The van der Waals surface area contributed by atoms with Gasteiger partial charge in [0, 0.05) is 32.6 Å². The smallest absolute Gasteiger partial charge is 0.243 e. The summed E-state index contributed by atoms with van der Waals surface area (Å²) in [6, 6.07) is 3.60. The van der Waals surface area contributed by atoms with E-state index in [1.165, 1.54) is 23.5 Å². The summed E-state index contributed by atoms with van der Waals surface area (Å²) in [5.41, 5.74) is 0. The number of amides is 1. The molecule has 1 aromatic carbocycles. The molecule has 0 saturated carbocycles. The largest absolute Gasteiger partial charge is 0.494 e. The summed E-state index contributed by atoms with van der Waals surface area (Å²) in [6.07, 6.45) is 0.958. The molecule has 1 fully saturated rings. The van der Waals surface area contributed by atoms with Crippen molar-refractivity contribution < 1.29 is 22.3 Å². The number of hydrogen-bond donors (Lipinski definition) is 0. The molecule has 2 rings (SSSR count). The lowest BCUT2D eigenvalue weighted by Crippen LogP contribution is -2.37. The number of carbonyl (C=O) groups excluding carboxylic acids is 1. The zero-order valence-electron chi connectivity index (χ0n) is 13.3. The Balaban J connectivity index is 2.19. The van der Waals surface area contributed by atoms with Gasteiger partial charge in [-0.15, -0.1) is 0 Å². The quantitative estimate of drug-likeness (QED) is 0.829. The van der Waals surface area contributed by atoms with Crippen LogP contribution in [0.4, 0.5) is 4.39 Å². The highest BCUT2D eigenvalue weighted by molar-refractivity contribution is 7.89. The average molecular weight is 344 g/mol. The van der Waals surface area contributed by atoms with Gasteiger partial charge in [-0.2, -0.15) is 4.31 Å². The van der Waals surface area contributed by atoms with Crippen LogP contribution in [0.3, 0.4) is 0 Å². The van der Waals surface area contributed by atoms with Gasteiger partial charge in [0.25, 0.3) is 0 Å². The molecule has 1 aromatic rings. The van der Waals surface area contributed by atoms with Gasteiger partial charge in [-0.05, 0) is 24.6 Å². The van der Waals surface area contributed by atoms with E-state index < -0.39 is 15.8 Å². The SMILES string of the molecule is CCC(=O)N1CCCN(S(=O)(=O)c2ccc(OC)c(F)c2)CC1. The fourth-order valence-electron chi connectivity index (χ4n) is 2.56. The summed E-state index contributed by atoms with van der Waals surface area (Å²) >= 11 is 0. The minimum absolute atomic E-state index is 0.000431. The third kappa shape index (κ3) is 3.81. The van der Waals surface area contributed by atoms with Gasteiger partial charge in [-0.3, -0.25) is 4.79 Å². The van der Waals surface area contributed by atoms with E-state index in [2.05, 4.69) is 0 Å². The molecule has 8 heteroatoms. The molecule has 128 valence electrons. The van der Waals surface area contributed by atoms with Crippen LogP contribution in [0.5, 0.6) is 5.75 Å². The molecule has 0 aromatic heterocycles. The third-order valence-corrected chi connectivity index (χ3v) is 5.77. The first-order valence-electron chi connectivity index (χ1n) is 7.51. The molecule has 1 aliphatic rings. The first-order valence-corrected chi connectivity index (χ1v) is 8.95. The van der Waals surface area contributed by atoms with Crippen molar-refractivity contribution in [2.24, 2.45) is 0 Å². The van der Waals surface area contributed by atoms with Gasteiger partial charge in [0.05, 0.1) is 12.0 Å². The Labute approximate surface area is 135 Å². The van der Waals surface area contributed by atoms with Crippen molar-refractivity contribution in [3.63, 3.8) is 0 Å². The van der Waals surface area contributed by atoms with E-state index in [4.69, 9.17) is 4.74 Å². The van der Waals surface area contributed by atoms with Crippen LogP contribution in [-0.4, -0.2) is 56.8 Å². The normalized spacial score (nSPS) is 16.9. The van der Waals surface area contributed by atoms with E-state index in [1.54, 1.807) is 11.8 Å². The monoisotopic (exact) mass is 344 g/mol. The maximum absolute atomic E-state index is 13.8. The number of rotatable bonds is 4. The van der Waals surface area contributed by atoms with Crippen LogP contribution < -0.4 is 4.74 Å². The van der Waals surface area contributed by atoms with Gasteiger partial charge < -0.3 is 9.64 Å². The third-order valence-electron chi connectivity index (χ3n) is 3.87. The second-order valence-corrected chi connectivity index (χ2v) is 7.23. The maximum Gasteiger partial charge on any atom is 0.243 e. The molecule has 1 aliphatic heterocycles. The summed E-state index contributed by atoms with van der Waals surface area (Å²) in [5.74, 6) is -0.703. The molecule has 0 radical (unpaired) electrons. The van der Waals surface area contributed by atoms with Crippen LogP contribution in [0.25, 0.3) is 0 Å². The zero-order chi connectivity index (χ0) is 17.0. The molecule has 6 nitrogen and oxygen atoms in total. The van der Waals surface area contributed by atoms with Crippen LogP contribution >= 0.6 is 0 Å². The Morgan fingerprint density at radius 3 is 2.61 bits per heavy atom. The first-order chi connectivity index (χ1) is 10.9. The van der Waals surface area contributed by atoms with Crippen molar-refractivity contribution in [2.75, 3.05) is 33.3 Å². The molecule has 1 heterocycles. The van der Waals surface area contributed by atoms with E-state index in [-0.39, 0.29) is 23.1 Å². The lowest BCUT2D eigenvalue weighted by molar-refractivity contribution is -0.130. The van der Waals surface area contributed by atoms with E-state index >= 15 is 0 Å². The van der Waals surface area contributed by atoms with Crippen molar-refractivity contribution in [3.8, 4) is 5.75 Å². The number of ether oxygens (including phenoxy) is 1. The Bertz CT molecular complexity index is 678. The van der Waals surface area contributed by atoms with E-state index in [1.807, 2.05) is 0 Å². The molecule has 1 amide bonds. The molecular formula is C15H21FN2O4S. The van der Waals surface area contributed by atoms with Crippen LogP contribution in [0.1, 0.15) is 19.8 Å². The summed E-state index contributed by atoms with van der Waals surface area (Å²) in [5, 5.41) is 0. The molecule has 0 aliphatic carbocycles. The van der Waals surface area contributed by atoms with Crippen LogP contribution in [0, 0.1) is 5.82 Å². The van der Waals surface area contributed by atoms with Gasteiger partial charge in [-0.25, -0.2) is 12.8 Å². The first kappa shape index (κ1) is 17.7. The number of sulfonamides is 1. The highest BCUT2D eigenvalue weighted by Crippen LogP contribution is 2.24. The van der Waals surface area contributed by atoms with Gasteiger partial charge in [0.1, 0.15) is 0 Å². The second kappa shape index (κ2) is 7.27. The summed E-state index contributed by atoms with van der Waals surface area (Å²) in [7, 11) is -2.47. The predicted molar refractivity (Wildman–Crippen MR) is 83.2 cm³/mol. The molecule has 0 atom stereocenters. The number of carbonyl (C=O) groups is 1. The standard InChI is InChI=1S/C15H21FN2O4S/c1-3-15(19)17-7-4-8-18(10-9-17)23(20,21)12-5-6-14(22-2)13(16)11-12/h5-6,11H,3-4,7-10H2,1-2H3. The molecule has 1 saturated heterocycles. The highest BCUT2D eigenvalue weighted by Gasteiger charge is 2.28. The average Bonchev–Trinajstić information content (AvgIpc) is 2.80. The number of nitrogens with zero attached hydrogens (tertiary/aromatic N) is 2. The topological polar surface area (TPSA) is 66.9 Å². The van der Waals surface area contributed by atoms with Crippen molar-refractivity contribution in [3.05, 3.63) is 24.0 Å². The maximum atomic E-state index is 13.8. The summed E-state index contributed by atoms with van der Waals surface area (Å²) in [6.45, 7) is 3.19. The fraction of sp³-hybridized carbons (Fsp3) is 0.533. The van der Waals surface area contributed by atoms with Crippen molar-refractivity contribution in [1.82, 2.24) is 9.21 Å². The molecule has 23 heavy (non-hydrogen) atoms. The lowest BCUT2D eigenvalue weighted by atomic mass is 10.3. The van der Waals surface area contributed by atoms with E-state index in [0.29, 0.717) is 32.5 Å². The summed E-state index contributed by atoms with van der Waals surface area (Å²) < 4.78 is 45.2. The second-order valence-electron chi connectivity index (χ2n) is 5.29. The molecule has 0 N–H and O–H groups in total. The molecule has 0 bridgehead atoms. The molecule has 0 unspecified atom stereocenters. The van der Waals surface area contributed by atoms with Gasteiger partial charge in [0.2, 0.25) is 15.9 Å². The van der Waals surface area contributed by atoms with Gasteiger partial charge in [0.15, 0.2) is 11.6 Å². The van der Waals surface area contributed by atoms with Crippen molar-refractivity contribution >= 4 is 15.9 Å². The van der Waals surface area contributed by atoms with Gasteiger partial charge >= 0.3 is 0 Å². The van der Waals surface area contributed by atoms with E-state index in [0.717, 1.165) is 6.07 Å². The number of methoxy groups -OCH3 is 1. The van der Waals surface area contributed by atoms with Crippen molar-refractivity contribution in [2.45, 2.75) is 24.7 Å². The van der Waals surface area contributed by atoms with Crippen LogP contribution in [0.15, 0.2) is 23.1 Å². The predicted octanol–water partition coefficient (Wildman–Crippen LogP) is 1.47. The lowest BCUT2D eigenvalue weighted by Gasteiger charge is -2.21. The van der Waals surface area contributed by atoms with Crippen LogP contribution in [0.2, 0.25) is 0 Å². The summed E-state index contributed by atoms with van der Waals surface area (Å²) in [4.78, 5) is 13.3. The minimum Gasteiger partial charge on any atom is -0.494 e. The minimum atomic E-state index is -3.79. The molecular weight excluding hydrogens is 323 g/mol. The fourth-order valence-corrected chi connectivity index (χ4v) is 4.05. The highest BCUT2D eigenvalue weighted by atomic mass is 32.2. The number of halogens is 1. The Kier molecular flexibility index (Phi) is 5.59. The Morgan fingerprint density at radius 2 is 2.00 bits per heavy atom. The Hall–Kier alpha value is -1.67. The zero-order valence-corrected chi connectivity index (χ0v) is 14.1. The molecule has 0 spiro atoms.